The van der Waals surface area contributed by atoms with Crippen molar-refractivity contribution in [3.05, 3.63) is 47.5 Å². The van der Waals surface area contributed by atoms with E-state index >= 15 is 0 Å². The van der Waals surface area contributed by atoms with E-state index in [9.17, 15) is 0 Å². The fraction of sp³-hybridized carbons (Fsp3) is 0.500. The zero-order valence-corrected chi connectivity index (χ0v) is 17.1. The Kier molecular flexibility index (Phi) is 8.17. The van der Waals surface area contributed by atoms with Gasteiger partial charge in [-0.15, -0.1) is 34.2 Å². The zero-order chi connectivity index (χ0) is 16.6. The summed E-state index contributed by atoms with van der Waals surface area (Å²) in [5.41, 5.74) is 1.24. The number of nitrogens with one attached hydrogen (secondary N) is 2. The first-order valence-corrected chi connectivity index (χ1v) is 8.76. The molecule has 136 valence electrons. The smallest absolute Gasteiger partial charge is 0.191 e. The summed E-state index contributed by atoms with van der Waals surface area (Å²) in [5.74, 6) is 3.04. The highest BCUT2D eigenvalue weighted by atomic mass is 127. The standard InChI is InChI=1S/C18H26N6.HI/c1-19-18(21-14-15-8-4-2-5-9-15)20-12-11-17-23-22-16-10-6-3-7-13-24(16)17;/h2,4-5,8-9H,3,6-7,10-14H2,1H3,(H2,19,20,21);1H. The predicted octanol–water partition coefficient (Wildman–Crippen LogP) is 2.53. The van der Waals surface area contributed by atoms with Crippen molar-refractivity contribution in [3.8, 4) is 0 Å². The van der Waals surface area contributed by atoms with Gasteiger partial charge >= 0.3 is 0 Å². The summed E-state index contributed by atoms with van der Waals surface area (Å²) in [6.07, 6.45) is 5.66. The van der Waals surface area contributed by atoms with Crippen LogP contribution >= 0.6 is 24.0 Å². The van der Waals surface area contributed by atoms with Crippen molar-refractivity contribution in [2.45, 2.75) is 45.2 Å². The van der Waals surface area contributed by atoms with Gasteiger partial charge in [0.25, 0.3) is 0 Å². The Labute approximate surface area is 166 Å². The summed E-state index contributed by atoms with van der Waals surface area (Å²) >= 11 is 0. The lowest BCUT2D eigenvalue weighted by molar-refractivity contribution is 0.600. The second kappa shape index (κ2) is 10.4. The largest absolute Gasteiger partial charge is 0.356 e. The third-order valence-electron chi connectivity index (χ3n) is 4.35. The number of rotatable bonds is 5. The molecule has 0 aliphatic carbocycles. The Morgan fingerprint density at radius 2 is 1.96 bits per heavy atom. The maximum absolute atomic E-state index is 4.37. The number of aliphatic imine (C=N–C) groups is 1. The van der Waals surface area contributed by atoms with Crippen LogP contribution in [0.15, 0.2) is 35.3 Å². The Balaban J connectivity index is 0.00000225. The zero-order valence-electron chi connectivity index (χ0n) is 14.7. The van der Waals surface area contributed by atoms with Gasteiger partial charge in [-0.05, 0) is 18.4 Å². The van der Waals surface area contributed by atoms with Crippen LogP contribution in [0.2, 0.25) is 0 Å². The lowest BCUT2D eigenvalue weighted by atomic mass is 10.2. The number of guanidine groups is 1. The average molecular weight is 454 g/mol. The molecule has 0 unspecified atom stereocenters. The van der Waals surface area contributed by atoms with Crippen molar-refractivity contribution < 1.29 is 0 Å². The van der Waals surface area contributed by atoms with Crippen LogP contribution in [0.3, 0.4) is 0 Å². The van der Waals surface area contributed by atoms with Crippen molar-refractivity contribution >= 4 is 29.9 Å². The van der Waals surface area contributed by atoms with Crippen LogP contribution < -0.4 is 10.6 Å². The highest BCUT2D eigenvalue weighted by Crippen LogP contribution is 2.14. The SMILES string of the molecule is CN=C(NCCc1nnc2n1CCCCC2)NCc1ccccc1.I. The molecule has 0 amide bonds. The topological polar surface area (TPSA) is 67.1 Å². The van der Waals surface area contributed by atoms with Crippen LogP contribution in [0, 0.1) is 0 Å². The van der Waals surface area contributed by atoms with Gasteiger partial charge in [-0.1, -0.05) is 36.8 Å². The Hall–Kier alpha value is -1.64. The van der Waals surface area contributed by atoms with Crippen molar-refractivity contribution in [1.29, 1.82) is 0 Å². The molecule has 2 heterocycles. The molecule has 1 aromatic carbocycles. The van der Waals surface area contributed by atoms with Gasteiger partial charge in [-0.2, -0.15) is 0 Å². The number of benzene rings is 1. The fourth-order valence-corrected chi connectivity index (χ4v) is 3.03. The third kappa shape index (κ3) is 5.69. The molecule has 2 aromatic rings. The summed E-state index contributed by atoms with van der Waals surface area (Å²) < 4.78 is 2.30. The monoisotopic (exact) mass is 454 g/mol. The quantitative estimate of drug-likeness (QED) is 0.414. The minimum absolute atomic E-state index is 0. The number of fused-ring (bicyclic) bond motifs is 1. The number of aryl methyl sites for hydroxylation is 1. The normalized spacial score (nSPS) is 14.2. The van der Waals surface area contributed by atoms with Crippen LogP contribution in [0.1, 0.15) is 36.5 Å². The molecule has 3 rings (SSSR count). The summed E-state index contributed by atoms with van der Waals surface area (Å²) in [5, 5.41) is 15.4. The van der Waals surface area contributed by atoms with E-state index in [-0.39, 0.29) is 24.0 Å². The molecule has 2 N–H and O–H groups in total. The van der Waals surface area contributed by atoms with Crippen LogP contribution in [0.4, 0.5) is 0 Å². The molecular weight excluding hydrogens is 427 g/mol. The van der Waals surface area contributed by atoms with Crippen LogP contribution in [-0.2, 0) is 25.9 Å². The van der Waals surface area contributed by atoms with E-state index in [1.54, 1.807) is 7.05 Å². The fourth-order valence-electron chi connectivity index (χ4n) is 3.03. The first-order valence-electron chi connectivity index (χ1n) is 8.76. The van der Waals surface area contributed by atoms with E-state index < -0.39 is 0 Å². The minimum Gasteiger partial charge on any atom is -0.356 e. The van der Waals surface area contributed by atoms with Gasteiger partial charge in [-0.25, -0.2) is 0 Å². The van der Waals surface area contributed by atoms with Gasteiger partial charge in [-0.3, -0.25) is 4.99 Å². The van der Waals surface area contributed by atoms with Crippen LogP contribution in [0.25, 0.3) is 0 Å². The molecular formula is C18H27IN6. The number of aromatic nitrogens is 3. The molecule has 1 aliphatic rings. The van der Waals surface area contributed by atoms with E-state index in [1.807, 2.05) is 18.2 Å². The second-order valence-corrected chi connectivity index (χ2v) is 6.08. The highest BCUT2D eigenvalue weighted by Gasteiger charge is 2.14. The molecule has 0 spiro atoms. The molecule has 0 saturated heterocycles. The van der Waals surface area contributed by atoms with Crippen molar-refractivity contribution in [1.82, 2.24) is 25.4 Å². The molecule has 0 bridgehead atoms. The van der Waals surface area contributed by atoms with Crippen molar-refractivity contribution in [3.63, 3.8) is 0 Å². The molecule has 0 fully saturated rings. The molecule has 6 nitrogen and oxygen atoms in total. The molecule has 1 aromatic heterocycles. The van der Waals surface area contributed by atoms with Gasteiger partial charge in [0.15, 0.2) is 5.96 Å². The van der Waals surface area contributed by atoms with E-state index in [2.05, 4.69) is 42.5 Å². The first-order chi connectivity index (χ1) is 11.9. The lowest BCUT2D eigenvalue weighted by Gasteiger charge is -2.12. The van der Waals surface area contributed by atoms with E-state index in [0.717, 1.165) is 50.1 Å². The maximum atomic E-state index is 4.37. The van der Waals surface area contributed by atoms with E-state index in [0.29, 0.717) is 0 Å². The van der Waals surface area contributed by atoms with Gasteiger partial charge in [0, 0.05) is 39.5 Å². The van der Waals surface area contributed by atoms with Crippen molar-refractivity contribution in [2.24, 2.45) is 4.99 Å². The molecule has 0 saturated carbocycles. The summed E-state index contributed by atoms with van der Waals surface area (Å²) in [4.78, 5) is 4.28. The number of nitrogens with zero attached hydrogens (tertiary/aromatic N) is 4. The minimum atomic E-state index is 0. The van der Waals surface area contributed by atoms with Crippen LogP contribution in [-0.4, -0.2) is 34.3 Å². The first kappa shape index (κ1) is 19.7. The Morgan fingerprint density at radius 1 is 1.12 bits per heavy atom. The maximum Gasteiger partial charge on any atom is 0.191 e. The Morgan fingerprint density at radius 3 is 2.76 bits per heavy atom. The van der Waals surface area contributed by atoms with Crippen LogP contribution in [0.5, 0.6) is 0 Å². The third-order valence-corrected chi connectivity index (χ3v) is 4.35. The summed E-state index contributed by atoms with van der Waals surface area (Å²) in [6.45, 7) is 2.62. The highest BCUT2D eigenvalue weighted by molar-refractivity contribution is 14.0. The number of halogens is 1. The van der Waals surface area contributed by atoms with Gasteiger partial charge < -0.3 is 15.2 Å². The Bertz CT molecular complexity index is 667. The van der Waals surface area contributed by atoms with Crippen molar-refractivity contribution in [2.75, 3.05) is 13.6 Å². The second-order valence-electron chi connectivity index (χ2n) is 6.08. The molecule has 1 aliphatic heterocycles. The average Bonchev–Trinajstić information content (AvgIpc) is 2.85. The van der Waals surface area contributed by atoms with E-state index in [4.69, 9.17) is 0 Å². The van der Waals surface area contributed by atoms with Gasteiger partial charge in [0.05, 0.1) is 0 Å². The molecule has 0 atom stereocenters. The molecule has 7 heteroatoms. The number of hydrogen-bond acceptors (Lipinski definition) is 3. The summed E-state index contributed by atoms with van der Waals surface area (Å²) in [7, 11) is 1.80. The molecule has 0 radical (unpaired) electrons. The van der Waals surface area contributed by atoms with Gasteiger partial charge in [0.2, 0.25) is 0 Å². The molecule has 25 heavy (non-hydrogen) atoms. The van der Waals surface area contributed by atoms with E-state index in [1.165, 1.54) is 24.8 Å². The summed E-state index contributed by atoms with van der Waals surface area (Å²) in [6, 6.07) is 10.3. The number of hydrogen-bond donors (Lipinski definition) is 2. The predicted molar refractivity (Wildman–Crippen MR) is 111 cm³/mol. The van der Waals surface area contributed by atoms with Gasteiger partial charge in [0.1, 0.15) is 11.6 Å². The lowest BCUT2D eigenvalue weighted by Crippen LogP contribution is -2.38.